The summed E-state index contributed by atoms with van der Waals surface area (Å²) in [6.07, 6.45) is 0. The van der Waals surface area contributed by atoms with Crippen LogP contribution in [0.2, 0.25) is 0 Å². The molecule has 31 heavy (non-hydrogen) atoms. The summed E-state index contributed by atoms with van der Waals surface area (Å²) >= 11 is 0. The van der Waals surface area contributed by atoms with Crippen LogP contribution in [-0.2, 0) is 9.59 Å². The lowest BCUT2D eigenvalue weighted by atomic mass is 10.0. The van der Waals surface area contributed by atoms with Crippen molar-refractivity contribution in [3.05, 3.63) is 65.2 Å². The molecule has 0 unspecified atom stereocenters. The normalized spacial score (nSPS) is 19.5. The molecular weight excluding hydrogens is 388 g/mol. The lowest BCUT2D eigenvalue weighted by Gasteiger charge is -2.29. The van der Waals surface area contributed by atoms with Gasteiger partial charge in [-0.25, -0.2) is 0 Å². The van der Waals surface area contributed by atoms with E-state index in [4.69, 9.17) is 0 Å². The number of nitrogens with one attached hydrogen (secondary N) is 4. The average Bonchev–Trinajstić information content (AvgIpc) is 2.77. The molecular formula is C25H36N4O2+2. The first-order chi connectivity index (χ1) is 14.9. The number of hydrogen-bond acceptors (Lipinski definition) is 2. The van der Waals surface area contributed by atoms with Gasteiger partial charge in [-0.2, -0.15) is 0 Å². The molecule has 1 saturated heterocycles. The summed E-state index contributed by atoms with van der Waals surface area (Å²) in [5, 5.41) is 6.16. The smallest absolute Gasteiger partial charge is 0.279 e. The first kappa shape index (κ1) is 23.0. The van der Waals surface area contributed by atoms with Gasteiger partial charge in [0.05, 0.1) is 0 Å². The number of para-hydroxylation sites is 1. The molecule has 2 amide bonds. The van der Waals surface area contributed by atoms with Gasteiger partial charge in [0.15, 0.2) is 13.1 Å². The van der Waals surface area contributed by atoms with Gasteiger partial charge in [0.25, 0.3) is 11.8 Å². The number of quaternary nitrogens is 2. The Hall–Kier alpha value is -2.70. The van der Waals surface area contributed by atoms with Gasteiger partial charge < -0.3 is 20.4 Å². The predicted octanol–water partition coefficient (Wildman–Crippen LogP) is -0.0548. The molecule has 6 nitrogen and oxygen atoms in total. The molecule has 166 valence electrons. The second kappa shape index (κ2) is 11.1. The van der Waals surface area contributed by atoms with Gasteiger partial charge in [-0.15, -0.1) is 0 Å². The van der Waals surface area contributed by atoms with Crippen LogP contribution in [0.1, 0.15) is 29.5 Å². The van der Waals surface area contributed by atoms with Gasteiger partial charge in [-0.05, 0) is 36.5 Å². The zero-order valence-electron chi connectivity index (χ0n) is 19.0. The maximum atomic E-state index is 12.5. The number of hydrogen-bond donors (Lipinski definition) is 4. The van der Waals surface area contributed by atoms with Crippen molar-refractivity contribution < 1.29 is 19.4 Å². The van der Waals surface area contributed by atoms with E-state index in [0.717, 1.165) is 43.0 Å². The molecule has 3 rings (SSSR count). The Labute approximate surface area is 185 Å². The van der Waals surface area contributed by atoms with E-state index in [1.165, 1.54) is 15.4 Å². The summed E-state index contributed by atoms with van der Waals surface area (Å²) in [6, 6.07) is 16.3. The van der Waals surface area contributed by atoms with Crippen LogP contribution in [0.25, 0.3) is 0 Å². The third-order valence-corrected chi connectivity index (χ3v) is 6.20. The summed E-state index contributed by atoms with van der Waals surface area (Å²) in [4.78, 5) is 27.5. The quantitative estimate of drug-likeness (QED) is 0.480. The van der Waals surface area contributed by atoms with Crippen LogP contribution in [0.5, 0.6) is 0 Å². The minimum atomic E-state index is 0.0588. The lowest BCUT2D eigenvalue weighted by Crippen LogP contribution is -3.28. The van der Waals surface area contributed by atoms with Crippen molar-refractivity contribution >= 4 is 17.5 Å². The third-order valence-electron chi connectivity index (χ3n) is 6.20. The summed E-state index contributed by atoms with van der Waals surface area (Å²) in [5.74, 6) is 0.467. The number of aryl methyl sites for hydroxylation is 2. The van der Waals surface area contributed by atoms with Gasteiger partial charge in [0, 0.05) is 12.2 Å². The number of carbonyl (C=O) groups is 2. The van der Waals surface area contributed by atoms with Gasteiger partial charge in [-0.1, -0.05) is 55.5 Å². The molecule has 0 spiro atoms. The number of piperazine rings is 1. The fraction of sp³-hybridized carbons (Fsp3) is 0.440. The fourth-order valence-corrected chi connectivity index (χ4v) is 4.19. The molecule has 1 aliphatic heterocycles. The Bertz CT molecular complexity index is 856. The van der Waals surface area contributed by atoms with E-state index in [1.807, 2.05) is 50.2 Å². The van der Waals surface area contributed by atoms with Crippen LogP contribution < -0.4 is 20.4 Å². The van der Waals surface area contributed by atoms with Crippen molar-refractivity contribution in [2.75, 3.05) is 51.1 Å². The Kier molecular flexibility index (Phi) is 8.20. The van der Waals surface area contributed by atoms with Crippen LogP contribution in [-0.4, -0.2) is 57.6 Å². The molecule has 0 saturated carbocycles. The largest absolute Gasteiger partial charge is 0.351 e. The third kappa shape index (κ3) is 6.91. The number of rotatable bonds is 8. The Morgan fingerprint density at radius 3 is 1.97 bits per heavy atom. The Morgan fingerprint density at radius 2 is 1.39 bits per heavy atom. The van der Waals surface area contributed by atoms with Crippen LogP contribution >= 0.6 is 0 Å². The SMILES string of the molecule is Cc1cccc(C)c1NC(=O)C[NH+]1CC[NH+](CC(=O)NC[C@H](C)c2ccccc2)CC1. The van der Waals surface area contributed by atoms with E-state index >= 15 is 0 Å². The van der Waals surface area contributed by atoms with Crippen molar-refractivity contribution in [2.24, 2.45) is 0 Å². The van der Waals surface area contributed by atoms with E-state index in [0.29, 0.717) is 25.6 Å². The van der Waals surface area contributed by atoms with E-state index < -0.39 is 0 Å². The molecule has 1 aliphatic rings. The summed E-state index contributed by atoms with van der Waals surface area (Å²) in [5.41, 5.74) is 4.35. The maximum Gasteiger partial charge on any atom is 0.279 e. The second-order valence-electron chi connectivity index (χ2n) is 8.78. The minimum absolute atomic E-state index is 0.0588. The minimum Gasteiger partial charge on any atom is -0.351 e. The molecule has 1 fully saturated rings. The topological polar surface area (TPSA) is 67.1 Å². The monoisotopic (exact) mass is 424 g/mol. The van der Waals surface area contributed by atoms with Crippen molar-refractivity contribution in [3.63, 3.8) is 0 Å². The molecule has 0 radical (unpaired) electrons. The predicted molar refractivity (Wildman–Crippen MR) is 124 cm³/mol. The van der Waals surface area contributed by atoms with Gasteiger partial charge >= 0.3 is 0 Å². The number of carbonyl (C=O) groups excluding carboxylic acids is 2. The van der Waals surface area contributed by atoms with Gasteiger partial charge in [-0.3, -0.25) is 9.59 Å². The van der Waals surface area contributed by atoms with Crippen molar-refractivity contribution in [2.45, 2.75) is 26.7 Å². The number of amides is 2. The highest BCUT2D eigenvalue weighted by Crippen LogP contribution is 2.18. The van der Waals surface area contributed by atoms with E-state index in [-0.39, 0.29) is 11.8 Å². The highest BCUT2D eigenvalue weighted by Gasteiger charge is 2.26. The molecule has 0 bridgehead atoms. The lowest BCUT2D eigenvalue weighted by molar-refractivity contribution is -1.00. The molecule has 2 aromatic carbocycles. The summed E-state index contributed by atoms with van der Waals surface area (Å²) in [7, 11) is 0. The fourth-order valence-electron chi connectivity index (χ4n) is 4.19. The first-order valence-corrected chi connectivity index (χ1v) is 11.3. The maximum absolute atomic E-state index is 12.5. The van der Waals surface area contributed by atoms with Crippen LogP contribution in [0.15, 0.2) is 48.5 Å². The molecule has 0 aliphatic carbocycles. The van der Waals surface area contributed by atoms with E-state index in [9.17, 15) is 9.59 Å². The van der Waals surface area contributed by atoms with Crippen molar-refractivity contribution in [1.29, 1.82) is 0 Å². The highest BCUT2D eigenvalue weighted by molar-refractivity contribution is 5.93. The average molecular weight is 425 g/mol. The molecule has 0 aromatic heterocycles. The standard InChI is InChI=1S/C25H34N4O2/c1-19-8-7-9-20(2)25(19)27-24(31)18-29-14-12-28(13-15-29)17-23(30)26-16-21(3)22-10-5-4-6-11-22/h4-11,21H,12-18H2,1-3H3,(H,26,30)(H,27,31)/p+2/t21-/m0/s1. The van der Waals surface area contributed by atoms with E-state index in [2.05, 4.69) is 29.7 Å². The van der Waals surface area contributed by atoms with Gasteiger partial charge in [0.2, 0.25) is 0 Å². The number of benzene rings is 2. The first-order valence-electron chi connectivity index (χ1n) is 11.3. The van der Waals surface area contributed by atoms with E-state index in [1.54, 1.807) is 0 Å². The zero-order valence-corrected chi connectivity index (χ0v) is 19.0. The highest BCUT2D eigenvalue weighted by atomic mass is 16.2. The van der Waals surface area contributed by atoms with Crippen molar-refractivity contribution in [3.8, 4) is 0 Å². The van der Waals surface area contributed by atoms with Crippen LogP contribution in [0, 0.1) is 13.8 Å². The molecule has 4 N–H and O–H groups in total. The van der Waals surface area contributed by atoms with Crippen molar-refractivity contribution in [1.82, 2.24) is 5.32 Å². The Morgan fingerprint density at radius 1 is 0.839 bits per heavy atom. The number of anilines is 1. The Balaban J connectivity index is 1.36. The zero-order chi connectivity index (χ0) is 22.2. The molecule has 6 heteroatoms. The molecule has 1 atom stereocenters. The van der Waals surface area contributed by atoms with Crippen LogP contribution in [0.4, 0.5) is 5.69 Å². The second-order valence-corrected chi connectivity index (χ2v) is 8.78. The van der Waals surface area contributed by atoms with Crippen LogP contribution in [0.3, 0.4) is 0 Å². The summed E-state index contributed by atoms with van der Waals surface area (Å²) < 4.78 is 0. The molecule has 1 heterocycles. The molecule has 2 aromatic rings. The summed E-state index contributed by atoms with van der Waals surface area (Å²) in [6.45, 7) is 11.4. The van der Waals surface area contributed by atoms with Gasteiger partial charge in [0.1, 0.15) is 26.2 Å².